The number of amides is 2. The number of ether oxygens (including phenoxy) is 8. The zero-order valence-corrected chi connectivity index (χ0v) is 34.3. The van der Waals surface area contributed by atoms with Crippen molar-refractivity contribution in [1.29, 1.82) is 0 Å². The summed E-state index contributed by atoms with van der Waals surface area (Å²) < 4.78 is 44.8. The lowest BCUT2D eigenvalue weighted by molar-refractivity contribution is -0.185. The number of hydrogen-bond donors (Lipinski definition) is 4. The fourth-order valence-corrected chi connectivity index (χ4v) is 12.2. The normalized spacial score (nSPS) is 30.9. The summed E-state index contributed by atoms with van der Waals surface area (Å²) in [6.07, 6.45) is 5.44. The molecule has 8 aliphatic carbocycles. The third kappa shape index (κ3) is 12.2. The number of carboxylic acid groups (broad SMARTS) is 2. The van der Waals surface area contributed by atoms with Crippen LogP contribution >= 0.6 is 0 Å². The molecule has 0 aliphatic heterocycles. The van der Waals surface area contributed by atoms with E-state index in [-0.39, 0.29) is 79.3 Å². The van der Waals surface area contributed by atoms with Crippen molar-refractivity contribution in [2.24, 2.45) is 35.5 Å². The summed E-state index contributed by atoms with van der Waals surface area (Å²) in [7, 11) is 0. The molecule has 8 saturated carbocycles. The number of carbonyl (C=O) groups excluding carboxylic acids is 2. The minimum Gasteiger partial charge on any atom is -0.465 e. The van der Waals surface area contributed by atoms with Crippen molar-refractivity contribution in [3.05, 3.63) is 0 Å². The maximum atomic E-state index is 13.2. The first-order valence-electron chi connectivity index (χ1n) is 21.6. The van der Waals surface area contributed by atoms with Crippen molar-refractivity contribution >= 4 is 24.1 Å². The molecule has 0 aromatic rings. The number of aliphatic hydroxyl groups is 2. The van der Waals surface area contributed by atoms with E-state index in [1.165, 1.54) is 9.80 Å². The van der Waals surface area contributed by atoms with Crippen LogP contribution in [-0.2, 0) is 47.5 Å². The number of aliphatic hydroxyl groups excluding tert-OH is 2. The molecule has 0 spiro atoms. The molecule has 0 heterocycles. The second-order valence-electron chi connectivity index (χ2n) is 17.7. The maximum Gasteiger partial charge on any atom is 0.409 e. The Bertz CT molecular complexity index is 1210. The molecule has 2 amide bonds. The fourth-order valence-electron chi connectivity index (χ4n) is 12.2. The van der Waals surface area contributed by atoms with Crippen molar-refractivity contribution in [3.63, 3.8) is 0 Å². The maximum absolute atomic E-state index is 13.2. The van der Waals surface area contributed by atoms with E-state index in [4.69, 9.17) is 48.1 Å². The quantitative estimate of drug-likeness (QED) is 0.0384. The van der Waals surface area contributed by atoms with Crippen LogP contribution in [0.25, 0.3) is 0 Å². The number of hydrogen-bond acceptors (Lipinski definition) is 14. The van der Waals surface area contributed by atoms with Gasteiger partial charge in [0.15, 0.2) is 12.5 Å². The standard InChI is InChI=1S/C41H66N2O16/c44-1-3-52-5-7-54-9-11-56-34(42(38(48)49)40-20-28-13-29(21-40)15-30(14-28)22-40)26-58-36(46)19-37(47)59-27-35(57-12-10-55-8-6-53-4-2-45)43(39(50)51)41-23-31-16-32(24-41)18-33(17-31)25-41/h28-35,44-45H,1-27H2,(H,48,49)(H,50,51). The van der Waals surface area contributed by atoms with Crippen molar-refractivity contribution in [2.45, 2.75) is 107 Å². The Labute approximate surface area is 346 Å². The highest BCUT2D eigenvalue weighted by Crippen LogP contribution is 2.59. The summed E-state index contributed by atoms with van der Waals surface area (Å²) >= 11 is 0. The minimum atomic E-state index is -1.17. The van der Waals surface area contributed by atoms with E-state index in [1.807, 2.05) is 0 Å². The van der Waals surface area contributed by atoms with Crippen LogP contribution in [0.2, 0.25) is 0 Å². The number of esters is 2. The van der Waals surface area contributed by atoms with Crippen molar-refractivity contribution in [3.8, 4) is 0 Å². The van der Waals surface area contributed by atoms with Gasteiger partial charge >= 0.3 is 24.1 Å². The topological polar surface area (TPSA) is 230 Å². The number of rotatable bonds is 28. The van der Waals surface area contributed by atoms with Gasteiger partial charge in [-0.3, -0.25) is 19.4 Å². The minimum absolute atomic E-state index is 0.00807. The average molecular weight is 843 g/mol. The van der Waals surface area contributed by atoms with Gasteiger partial charge in [-0.25, -0.2) is 9.59 Å². The predicted octanol–water partition coefficient (Wildman–Crippen LogP) is 3.10. The fraction of sp³-hybridized carbons (Fsp3) is 0.902. The van der Waals surface area contributed by atoms with Crippen LogP contribution in [0, 0.1) is 35.5 Å². The van der Waals surface area contributed by atoms with Crippen LogP contribution < -0.4 is 0 Å². The molecule has 2 atom stereocenters. The van der Waals surface area contributed by atoms with E-state index < -0.39 is 67.3 Å². The molecule has 4 N–H and O–H groups in total. The second kappa shape index (κ2) is 21.8. The first kappa shape index (κ1) is 45.7. The zero-order chi connectivity index (χ0) is 41.8. The molecule has 18 heteroatoms. The predicted molar refractivity (Wildman–Crippen MR) is 205 cm³/mol. The van der Waals surface area contributed by atoms with Crippen LogP contribution in [0.3, 0.4) is 0 Å². The van der Waals surface area contributed by atoms with Gasteiger partial charge in [-0.05, 0) is 113 Å². The molecule has 8 rings (SSSR count). The lowest BCUT2D eigenvalue weighted by Gasteiger charge is -2.60. The third-order valence-corrected chi connectivity index (χ3v) is 13.4. The summed E-state index contributed by atoms with van der Waals surface area (Å²) in [6, 6.07) is 0. The number of nitrogens with zero attached hydrogens (tertiary/aromatic N) is 2. The van der Waals surface area contributed by atoms with E-state index in [0.29, 0.717) is 35.5 Å². The highest BCUT2D eigenvalue weighted by molar-refractivity contribution is 5.91. The molecular weight excluding hydrogens is 776 g/mol. The van der Waals surface area contributed by atoms with E-state index in [9.17, 15) is 29.4 Å². The van der Waals surface area contributed by atoms with Crippen LogP contribution in [0.5, 0.6) is 0 Å². The monoisotopic (exact) mass is 842 g/mol. The van der Waals surface area contributed by atoms with Gasteiger partial charge in [0.1, 0.15) is 19.6 Å². The molecule has 0 radical (unpaired) electrons. The average Bonchev–Trinajstić information content (AvgIpc) is 3.16. The van der Waals surface area contributed by atoms with E-state index in [2.05, 4.69) is 0 Å². The van der Waals surface area contributed by atoms with Gasteiger partial charge in [-0.15, -0.1) is 0 Å². The summed E-state index contributed by atoms with van der Waals surface area (Å²) in [4.78, 5) is 55.1. The lowest BCUT2D eigenvalue weighted by Crippen LogP contribution is -2.65. The van der Waals surface area contributed by atoms with Gasteiger partial charge in [0.05, 0.1) is 79.3 Å². The lowest BCUT2D eigenvalue weighted by atomic mass is 9.52. The largest absolute Gasteiger partial charge is 0.465 e. The summed E-state index contributed by atoms with van der Waals surface area (Å²) in [5.41, 5.74) is -1.29. The molecule has 8 aliphatic rings. The van der Waals surface area contributed by atoms with Gasteiger partial charge in [0.2, 0.25) is 0 Å². The van der Waals surface area contributed by atoms with Gasteiger partial charge in [-0.1, -0.05) is 0 Å². The van der Waals surface area contributed by atoms with Gasteiger partial charge in [0.25, 0.3) is 0 Å². The van der Waals surface area contributed by atoms with Crippen LogP contribution in [-0.4, -0.2) is 170 Å². The molecule has 8 bridgehead atoms. The smallest absolute Gasteiger partial charge is 0.409 e. The Hall–Kier alpha value is -2.84. The van der Waals surface area contributed by atoms with Gasteiger partial charge in [-0.2, -0.15) is 0 Å². The highest BCUT2D eigenvalue weighted by Gasteiger charge is 2.58. The second-order valence-corrected chi connectivity index (χ2v) is 17.7. The third-order valence-electron chi connectivity index (χ3n) is 13.4. The van der Waals surface area contributed by atoms with Crippen molar-refractivity contribution < 1.29 is 77.5 Å². The van der Waals surface area contributed by atoms with E-state index >= 15 is 0 Å². The van der Waals surface area contributed by atoms with Crippen molar-refractivity contribution in [2.75, 3.05) is 92.5 Å². The summed E-state index contributed by atoms with van der Waals surface area (Å²) in [5, 5.41) is 39.0. The van der Waals surface area contributed by atoms with Crippen LogP contribution in [0.1, 0.15) is 83.5 Å². The van der Waals surface area contributed by atoms with E-state index in [0.717, 1.165) is 77.0 Å². The molecule has 8 fully saturated rings. The molecule has 59 heavy (non-hydrogen) atoms. The summed E-state index contributed by atoms with van der Waals surface area (Å²) in [6.45, 7) is 0.581. The number of carbonyl (C=O) groups is 4. The molecule has 0 aromatic carbocycles. The Balaban J connectivity index is 1.05. The van der Waals surface area contributed by atoms with E-state index in [1.54, 1.807) is 0 Å². The zero-order valence-electron chi connectivity index (χ0n) is 34.3. The molecule has 0 saturated heterocycles. The Morgan fingerprint density at radius 2 is 0.763 bits per heavy atom. The molecule has 2 unspecified atom stereocenters. The van der Waals surface area contributed by atoms with Crippen LogP contribution in [0.15, 0.2) is 0 Å². The molecule has 0 aromatic heterocycles. The Kier molecular flexibility index (Phi) is 16.9. The summed E-state index contributed by atoms with van der Waals surface area (Å²) in [5.74, 6) is 0.702. The molecule has 18 nitrogen and oxygen atoms in total. The molecule has 336 valence electrons. The molecular formula is C41H66N2O16. The Morgan fingerprint density at radius 1 is 0.475 bits per heavy atom. The first-order valence-corrected chi connectivity index (χ1v) is 21.6. The Morgan fingerprint density at radius 3 is 1.05 bits per heavy atom. The van der Waals surface area contributed by atoms with Gasteiger partial charge in [0, 0.05) is 11.1 Å². The van der Waals surface area contributed by atoms with Crippen LogP contribution in [0.4, 0.5) is 9.59 Å². The van der Waals surface area contributed by atoms with Gasteiger partial charge < -0.3 is 58.3 Å². The highest BCUT2D eigenvalue weighted by atomic mass is 16.6. The SMILES string of the molecule is O=C(CC(=O)OCC(OCCOCCOCCO)N(C(=O)O)C12CC3CC(CC(C3)C1)C2)OCC(OCCOCCOCCO)N(C(=O)O)C12CC3CC(CC(C3)C1)C2. The van der Waals surface area contributed by atoms with Crippen molar-refractivity contribution in [1.82, 2.24) is 9.80 Å². The first-order chi connectivity index (χ1) is 28.5.